The number of aliphatic hydroxyl groups is 1. The van der Waals surface area contributed by atoms with Gasteiger partial charge in [-0.25, -0.2) is 0 Å². The Morgan fingerprint density at radius 2 is 1.22 bits per heavy atom. The lowest BCUT2D eigenvalue weighted by atomic mass is 9.77. The first-order valence-electron chi connectivity index (χ1n) is 8.83. The molecule has 3 rings (SSSR count). The Bertz CT molecular complexity index is 841. The van der Waals surface area contributed by atoms with Gasteiger partial charge in [-0.2, -0.15) is 0 Å². The molecule has 27 heavy (non-hydrogen) atoms. The van der Waals surface area contributed by atoms with E-state index in [9.17, 15) is 5.11 Å². The summed E-state index contributed by atoms with van der Waals surface area (Å²) in [7, 11) is 3.23. The molecule has 0 aliphatic rings. The van der Waals surface area contributed by atoms with Crippen molar-refractivity contribution in [1.82, 2.24) is 0 Å². The average molecular weight is 363 g/mol. The molecule has 1 unspecified atom stereocenters. The van der Waals surface area contributed by atoms with Gasteiger partial charge in [0.05, 0.1) is 20.3 Å². The second kappa shape index (κ2) is 7.82. The van der Waals surface area contributed by atoms with Crippen LogP contribution in [-0.4, -0.2) is 19.3 Å². The molecule has 4 nitrogen and oxygen atoms in total. The van der Waals surface area contributed by atoms with Crippen LogP contribution in [0.4, 0.5) is 0 Å². The summed E-state index contributed by atoms with van der Waals surface area (Å²) in [5.74, 6) is 1.44. The standard InChI is InChI=1S/C23H25NO3/c1-16-6-4-5-7-21(16)22(24)23(25,17-8-12-19(26-2)13-9-17)18-10-14-20(27-3)15-11-18/h4-15,22,25H,24H2,1-3H3. The van der Waals surface area contributed by atoms with Crippen LogP contribution in [0.25, 0.3) is 0 Å². The molecule has 0 aromatic heterocycles. The van der Waals surface area contributed by atoms with E-state index >= 15 is 0 Å². The largest absolute Gasteiger partial charge is 0.497 e. The predicted octanol–water partition coefficient (Wildman–Crippen LogP) is 3.95. The Morgan fingerprint density at radius 3 is 1.63 bits per heavy atom. The van der Waals surface area contributed by atoms with Crippen LogP contribution in [-0.2, 0) is 5.60 Å². The molecule has 0 fully saturated rings. The van der Waals surface area contributed by atoms with E-state index in [1.165, 1.54) is 0 Å². The number of hydrogen-bond donors (Lipinski definition) is 2. The van der Waals surface area contributed by atoms with Gasteiger partial charge in [0.25, 0.3) is 0 Å². The van der Waals surface area contributed by atoms with Gasteiger partial charge < -0.3 is 20.3 Å². The number of benzene rings is 3. The maximum absolute atomic E-state index is 11.9. The zero-order valence-electron chi connectivity index (χ0n) is 15.8. The normalized spacial score (nSPS) is 12.5. The molecule has 0 bridgehead atoms. The van der Waals surface area contributed by atoms with E-state index in [2.05, 4.69) is 0 Å². The van der Waals surface area contributed by atoms with Crippen molar-refractivity contribution >= 4 is 0 Å². The van der Waals surface area contributed by atoms with Crippen LogP contribution in [0, 0.1) is 6.92 Å². The van der Waals surface area contributed by atoms with Crippen molar-refractivity contribution in [2.75, 3.05) is 14.2 Å². The third-order valence-electron chi connectivity index (χ3n) is 5.03. The average Bonchev–Trinajstić information content (AvgIpc) is 2.73. The number of methoxy groups -OCH3 is 2. The monoisotopic (exact) mass is 363 g/mol. The molecular formula is C23H25NO3. The van der Waals surface area contributed by atoms with Gasteiger partial charge in [0, 0.05) is 0 Å². The van der Waals surface area contributed by atoms with E-state index in [1.807, 2.05) is 79.7 Å². The highest BCUT2D eigenvalue weighted by atomic mass is 16.5. The fourth-order valence-electron chi connectivity index (χ4n) is 3.38. The van der Waals surface area contributed by atoms with Gasteiger partial charge in [0.15, 0.2) is 0 Å². The Hall–Kier alpha value is -2.82. The Morgan fingerprint density at radius 1 is 0.778 bits per heavy atom. The number of rotatable bonds is 6. The van der Waals surface area contributed by atoms with Crippen LogP contribution in [0.2, 0.25) is 0 Å². The highest BCUT2D eigenvalue weighted by Gasteiger charge is 2.39. The van der Waals surface area contributed by atoms with Crippen molar-refractivity contribution in [2.45, 2.75) is 18.6 Å². The Balaban J connectivity index is 2.16. The van der Waals surface area contributed by atoms with E-state index < -0.39 is 11.6 Å². The molecule has 0 saturated carbocycles. The Kier molecular flexibility index (Phi) is 5.49. The molecule has 3 aromatic carbocycles. The number of ether oxygens (including phenoxy) is 2. The van der Waals surface area contributed by atoms with Gasteiger partial charge in [0.2, 0.25) is 0 Å². The minimum absolute atomic E-state index is 0.652. The molecule has 3 aromatic rings. The second-order valence-electron chi connectivity index (χ2n) is 6.56. The van der Waals surface area contributed by atoms with Gasteiger partial charge in [-0.1, -0.05) is 48.5 Å². The van der Waals surface area contributed by atoms with Gasteiger partial charge in [0.1, 0.15) is 17.1 Å². The molecule has 0 aliphatic heterocycles. The van der Waals surface area contributed by atoms with Crippen LogP contribution in [0.15, 0.2) is 72.8 Å². The molecule has 0 aliphatic carbocycles. The molecular weight excluding hydrogens is 338 g/mol. The lowest BCUT2D eigenvalue weighted by Gasteiger charge is -2.36. The molecule has 3 N–H and O–H groups in total. The van der Waals surface area contributed by atoms with Crippen LogP contribution in [0.1, 0.15) is 28.3 Å². The number of hydrogen-bond acceptors (Lipinski definition) is 4. The van der Waals surface area contributed by atoms with Crippen LogP contribution < -0.4 is 15.2 Å². The fraction of sp³-hybridized carbons (Fsp3) is 0.217. The Labute approximate surface area is 160 Å². The summed E-state index contributed by atoms with van der Waals surface area (Å²) in [6.07, 6.45) is 0. The quantitative estimate of drug-likeness (QED) is 0.696. The lowest BCUT2D eigenvalue weighted by Crippen LogP contribution is -2.40. The van der Waals surface area contributed by atoms with Gasteiger partial charge in [-0.05, 0) is 53.4 Å². The van der Waals surface area contributed by atoms with Crippen molar-refractivity contribution in [1.29, 1.82) is 0 Å². The molecule has 0 saturated heterocycles. The highest BCUT2D eigenvalue weighted by molar-refractivity contribution is 5.45. The van der Waals surface area contributed by atoms with E-state index in [0.717, 1.165) is 22.6 Å². The molecule has 0 radical (unpaired) electrons. The zero-order valence-corrected chi connectivity index (χ0v) is 15.8. The van der Waals surface area contributed by atoms with Gasteiger partial charge >= 0.3 is 0 Å². The third-order valence-corrected chi connectivity index (χ3v) is 5.03. The minimum Gasteiger partial charge on any atom is -0.497 e. The maximum atomic E-state index is 11.9. The van der Waals surface area contributed by atoms with Crippen molar-refractivity contribution in [3.63, 3.8) is 0 Å². The van der Waals surface area contributed by atoms with Crippen molar-refractivity contribution in [3.8, 4) is 11.5 Å². The highest BCUT2D eigenvalue weighted by Crippen LogP contribution is 2.41. The van der Waals surface area contributed by atoms with Crippen LogP contribution in [0.5, 0.6) is 11.5 Å². The molecule has 140 valence electrons. The minimum atomic E-state index is -1.41. The molecule has 0 heterocycles. The number of nitrogens with two attached hydrogens (primary N) is 1. The number of aryl methyl sites for hydroxylation is 1. The van der Waals surface area contributed by atoms with E-state index in [0.29, 0.717) is 11.1 Å². The summed E-state index contributed by atoms with van der Waals surface area (Å²) in [6.45, 7) is 2.00. The predicted molar refractivity (Wildman–Crippen MR) is 107 cm³/mol. The van der Waals surface area contributed by atoms with Crippen LogP contribution >= 0.6 is 0 Å². The summed E-state index contributed by atoms with van der Waals surface area (Å²) in [5, 5.41) is 11.9. The third kappa shape index (κ3) is 3.54. The first-order chi connectivity index (χ1) is 13.0. The van der Waals surface area contributed by atoms with Gasteiger partial charge in [-0.3, -0.25) is 0 Å². The second-order valence-corrected chi connectivity index (χ2v) is 6.56. The van der Waals surface area contributed by atoms with E-state index in [1.54, 1.807) is 14.2 Å². The zero-order chi connectivity index (χ0) is 19.4. The first kappa shape index (κ1) is 19.0. The summed E-state index contributed by atoms with van der Waals surface area (Å²) >= 11 is 0. The van der Waals surface area contributed by atoms with E-state index in [-0.39, 0.29) is 0 Å². The lowest BCUT2D eigenvalue weighted by molar-refractivity contribution is 0.0509. The fourth-order valence-corrected chi connectivity index (χ4v) is 3.38. The maximum Gasteiger partial charge on any atom is 0.134 e. The van der Waals surface area contributed by atoms with Crippen molar-refractivity contribution in [3.05, 3.63) is 95.1 Å². The summed E-state index contributed by atoms with van der Waals surface area (Å²) in [6, 6.07) is 21.9. The van der Waals surface area contributed by atoms with Crippen molar-refractivity contribution in [2.24, 2.45) is 5.73 Å². The SMILES string of the molecule is COc1ccc(C(O)(c2ccc(OC)cc2)C(N)c2ccccc2C)cc1. The molecule has 4 heteroatoms. The first-order valence-corrected chi connectivity index (χ1v) is 8.83. The van der Waals surface area contributed by atoms with Crippen LogP contribution in [0.3, 0.4) is 0 Å². The smallest absolute Gasteiger partial charge is 0.134 e. The van der Waals surface area contributed by atoms with E-state index in [4.69, 9.17) is 15.2 Å². The molecule has 0 spiro atoms. The summed E-state index contributed by atoms with van der Waals surface area (Å²) in [4.78, 5) is 0. The molecule has 0 amide bonds. The molecule has 1 atom stereocenters. The summed E-state index contributed by atoms with van der Waals surface area (Å²) in [5.41, 5.74) is 8.58. The van der Waals surface area contributed by atoms with Crippen molar-refractivity contribution < 1.29 is 14.6 Å². The topological polar surface area (TPSA) is 64.7 Å². The van der Waals surface area contributed by atoms with Gasteiger partial charge in [-0.15, -0.1) is 0 Å². The summed E-state index contributed by atoms with van der Waals surface area (Å²) < 4.78 is 10.5.